The molecule has 100 valence electrons. The summed E-state index contributed by atoms with van der Waals surface area (Å²) in [5.41, 5.74) is 3.77. The molecule has 0 bridgehead atoms. The van der Waals surface area contributed by atoms with E-state index < -0.39 is 0 Å². The molecule has 2 aromatic rings. The Morgan fingerprint density at radius 2 is 2.32 bits per heavy atom. The lowest BCUT2D eigenvalue weighted by Crippen LogP contribution is -2.22. The van der Waals surface area contributed by atoms with E-state index in [0.29, 0.717) is 0 Å². The van der Waals surface area contributed by atoms with Gasteiger partial charge in [0.25, 0.3) is 0 Å². The van der Waals surface area contributed by atoms with Gasteiger partial charge >= 0.3 is 0 Å². The van der Waals surface area contributed by atoms with Gasteiger partial charge in [0, 0.05) is 36.4 Å². The van der Waals surface area contributed by atoms with Crippen molar-refractivity contribution in [3.8, 4) is 5.75 Å². The summed E-state index contributed by atoms with van der Waals surface area (Å²) in [7, 11) is 1.73. The fourth-order valence-corrected chi connectivity index (χ4v) is 3.57. The van der Waals surface area contributed by atoms with E-state index >= 15 is 0 Å². The first-order chi connectivity index (χ1) is 9.26. The second kappa shape index (κ2) is 5.31. The van der Waals surface area contributed by atoms with Crippen molar-refractivity contribution >= 4 is 11.3 Å². The highest BCUT2D eigenvalue weighted by Gasteiger charge is 2.15. The SMILES string of the molecule is COc1ccc(C)cc1Cc1nc2c(s1)CNCC2. The zero-order chi connectivity index (χ0) is 13.2. The summed E-state index contributed by atoms with van der Waals surface area (Å²) in [6, 6.07) is 6.32. The van der Waals surface area contributed by atoms with Crippen LogP contribution < -0.4 is 10.1 Å². The number of hydrogen-bond acceptors (Lipinski definition) is 4. The van der Waals surface area contributed by atoms with Crippen LogP contribution in [0.15, 0.2) is 18.2 Å². The van der Waals surface area contributed by atoms with Crippen LogP contribution in [0, 0.1) is 6.92 Å². The molecule has 0 unspecified atom stereocenters. The lowest BCUT2D eigenvalue weighted by atomic mass is 10.1. The van der Waals surface area contributed by atoms with Gasteiger partial charge in [0.1, 0.15) is 5.75 Å². The molecule has 3 nitrogen and oxygen atoms in total. The molecule has 3 rings (SSSR count). The number of aromatic nitrogens is 1. The van der Waals surface area contributed by atoms with E-state index in [1.807, 2.05) is 17.4 Å². The molecule has 19 heavy (non-hydrogen) atoms. The maximum absolute atomic E-state index is 5.44. The Morgan fingerprint density at radius 1 is 1.42 bits per heavy atom. The van der Waals surface area contributed by atoms with E-state index in [0.717, 1.165) is 31.7 Å². The summed E-state index contributed by atoms with van der Waals surface area (Å²) in [6.45, 7) is 4.13. The van der Waals surface area contributed by atoms with Crippen molar-refractivity contribution in [2.75, 3.05) is 13.7 Å². The Labute approximate surface area is 117 Å². The quantitative estimate of drug-likeness (QED) is 0.934. The summed E-state index contributed by atoms with van der Waals surface area (Å²) in [5.74, 6) is 0.955. The second-order valence-corrected chi connectivity index (χ2v) is 6.06. The molecular formula is C15H18N2OS. The first-order valence-corrected chi connectivity index (χ1v) is 7.39. The zero-order valence-electron chi connectivity index (χ0n) is 11.3. The zero-order valence-corrected chi connectivity index (χ0v) is 12.1. The van der Waals surface area contributed by atoms with Crippen LogP contribution in [0.1, 0.15) is 26.7 Å². The highest BCUT2D eigenvalue weighted by atomic mass is 32.1. The lowest BCUT2D eigenvalue weighted by Gasteiger charge is -2.09. The number of hydrogen-bond donors (Lipinski definition) is 1. The third kappa shape index (κ3) is 2.65. The number of methoxy groups -OCH3 is 1. The maximum Gasteiger partial charge on any atom is 0.122 e. The van der Waals surface area contributed by atoms with Crippen molar-refractivity contribution in [1.29, 1.82) is 0 Å². The molecule has 1 aromatic heterocycles. The van der Waals surface area contributed by atoms with Crippen LogP contribution in [0.3, 0.4) is 0 Å². The van der Waals surface area contributed by atoms with E-state index in [2.05, 4.69) is 24.4 Å². The van der Waals surface area contributed by atoms with Crippen LogP contribution in [-0.4, -0.2) is 18.6 Å². The molecular weight excluding hydrogens is 256 g/mol. The van der Waals surface area contributed by atoms with Gasteiger partial charge in [-0.2, -0.15) is 0 Å². The smallest absolute Gasteiger partial charge is 0.122 e. The Hall–Kier alpha value is -1.39. The largest absolute Gasteiger partial charge is 0.496 e. The molecule has 0 spiro atoms. The predicted molar refractivity (Wildman–Crippen MR) is 78.1 cm³/mol. The minimum absolute atomic E-state index is 0.864. The second-order valence-electron chi connectivity index (χ2n) is 4.90. The third-order valence-electron chi connectivity index (χ3n) is 3.42. The monoisotopic (exact) mass is 274 g/mol. The summed E-state index contributed by atoms with van der Waals surface area (Å²) in [6.07, 6.45) is 1.92. The van der Waals surface area contributed by atoms with Crippen molar-refractivity contribution in [3.63, 3.8) is 0 Å². The van der Waals surface area contributed by atoms with E-state index in [1.165, 1.54) is 26.7 Å². The average Bonchev–Trinajstić information content (AvgIpc) is 2.81. The molecule has 1 N–H and O–H groups in total. The molecule has 0 amide bonds. The van der Waals surface area contributed by atoms with Crippen molar-refractivity contribution in [2.45, 2.75) is 26.3 Å². The Bertz CT molecular complexity index is 568. The van der Waals surface area contributed by atoms with E-state index in [9.17, 15) is 0 Å². The van der Waals surface area contributed by atoms with Crippen LogP contribution in [0.4, 0.5) is 0 Å². The van der Waals surface area contributed by atoms with Gasteiger partial charge in [0.05, 0.1) is 17.8 Å². The molecule has 0 aliphatic carbocycles. The predicted octanol–water partition coefficient (Wildman–Crippen LogP) is 2.70. The van der Waals surface area contributed by atoms with E-state index in [4.69, 9.17) is 9.72 Å². The van der Waals surface area contributed by atoms with Gasteiger partial charge in [0.2, 0.25) is 0 Å². The van der Waals surface area contributed by atoms with Gasteiger partial charge in [-0.1, -0.05) is 17.7 Å². The fourth-order valence-electron chi connectivity index (χ4n) is 2.46. The fraction of sp³-hybridized carbons (Fsp3) is 0.400. The van der Waals surface area contributed by atoms with Crippen LogP contribution in [0.5, 0.6) is 5.75 Å². The van der Waals surface area contributed by atoms with Crippen LogP contribution >= 0.6 is 11.3 Å². The number of thiazole rings is 1. The van der Waals surface area contributed by atoms with Gasteiger partial charge in [-0.05, 0) is 13.0 Å². The average molecular weight is 274 g/mol. The summed E-state index contributed by atoms with van der Waals surface area (Å²) < 4.78 is 5.44. The number of ether oxygens (including phenoxy) is 1. The van der Waals surface area contributed by atoms with Gasteiger partial charge in [-0.25, -0.2) is 4.98 Å². The van der Waals surface area contributed by atoms with E-state index in [-0.39, 0.29) is 0 Å². The number of benzene rings is 1. The molecule has 2 heterocycles. The molecule has 0 radical (unpaired) electrons. The van der Waals surface area contributed by atoms with Gasteiger partial charge < -0.3 is 10.1 Å². The third-order valence-corrected chi connectivity index (χ3v) is 4.52. The number of nitrogens with zero attached hydrogens (tertiary/aromatic N) is 1. The highest BCUT2D eigenvalue weighted by molar-refractivity contribution is 7.11. The highest BCUT2D eigenvalue weighted by Crippen LogP contribution is 2.27. The Morgan fingerprint density at radius 3 is 3.11 bits per heavy atom. The van der Waals surface area contributed by atoms with Crippen LogP contribution in [-0.2, 0) is 19.4 Å². The molecule has 0 fully saturated rings. The molecule has 0 saturated heterocycles. The molecule has 0 atom stereocenters. The minimum Gasteiger partial charge on any atom is -0.496 e. The number of nitrogens with one attached hydrogen (secondary N) is 1. The van der Waals surface area contributed by atoms with E-state index in [1.54, 1.807) is 7.11 Å². The summed E-state index contributed by atoms with van der Waals surface area (Å²) >= 11 is 1.83. The van der Waals surface area contributed by atoms with Gasteiger partial charge in [-0.15, -0.1) is 11.3 Å². The summed E-state index contributed by atoms with van der Waals surface area (Å²) in [5, 5.41) is 4.59. The van der Waals surface area contributed by atoms with Crippen LogP contribution in [0.25, 0.3) is 0 Å². The number of aryl methyl sites for hydroxylation is 1. The summed E-state index contributed by atoms with van der Waals surface area (Å²) in [4.78, 5) is 6.17. The molecule has 1 aliphatic heterocycles. The first kappa shape index (κ1) is 12.6. The maximum atomic E-state index is 5.44. The van der Waals surface area contributed by atoms with Crippen molar-refractivity contribution < 1.29 is 4.74 Å². The first-order valence-electron chi connectivity index (χ1n) is 6.58. The molecule has 1 aromatic carbocycles. The molecule has 0 saturated carbocycles. The Kier molecular flexibility index (Phi) is 3.53. The lowest BCUT2D eigenvalue weighted by molar-refractivity contribution is 0.410. The van der Waals surface area contributed by atoms with Gasteiger partial charge in [-0.3, -0.25) is 0 Å². The van der Waals surface area contributed by atoms with Gasteiger partial charge in [0.15, 0.2) is 0 Å². The number of rotatable bonds is 3. The normalized spacial score (nSPS) is 14.2. The van der Waals surface area contributed by atoms with Crippen molar-refractivity contribution in [3.05, 3.63) is 44.9 Å². The molecule has 4 heteroatoms. The minimum atomic E-state index is 0.864. The molecule has 1 aliphatic rings. The topological polar surface area (TPSA) is 34.1 Å². The standard InChI is InChI=1S/C15H18N2OS/c1-10-3-4-13(18-2)11(7-10)8-15-17-12-5-6-16-9-14(12)19-15/h3-4,7,16H,5-6,8-9H2,1-2H3. The van der Waals surface area contributed by atoms with Crippen molar-refractivity contribution in [2.24, 2.45) is 0 Å². The number of fused-ring (bicyclic) bond motifs is 1. The van der Waals surface area contributed by atoms with Crippen LogP contribution in [0.2, 0.25) is 0 Å². The van der Waals surface area contributed by atoms with Crippen molar-refractivity contribution in [1.82, 2.24) is 10.3 Å². The Balaban J connectivity index is 1.88.